The number of hydrogen-bond donors (Lipinski definition) is 3. The van der Waals surface area contributed by atoms with Crippen LogP contribution in [0, 0.1) is 11.3 Å². The molecule has 2 saturated heterocycles. The van der Waals surface area contributed by atoms with E-state index in [4.69, 9.17) is 39.2 Å². The van der Waals surface area contributed by atoms with Crippen molar-refractivity contribution in [3.05, 3.63) is 54.6 Å². The van der Waals surface area contributed by atoms with Crippen molar-refractivity contribution in [3.63, 3.8) is 0 Å². The van der Waals surface area contributed by atoms with Crippen molar-refractivity contribution < 1.29 is 78.7 Å². The second-order valence-corrected chi connectivity index (χ2v) is 8.95. The van der Waals surface area contributed by atoms with Gasteiger partial charge in [0.25, 0.3) is 0 Å². The van der Waals surface area contributed by atoms with E-state index < -0.39 is 36.4 Å². The van der Waals surface area contributed by atoms with Gasteiger partial charge in [-0.15, -0.1) is 0 Å². The summed E-state index contributed by atoms with van der Waals surface area (Å²) in [5.74, 6) is -6.91. The van der Waals surface area contributed by atoms with Gasteiger partial charge in [-0.2, -0.15) is 39.5 Å². The van der Waals surface area contributed by atoms with Crippen molar-refractivity contribution in [2.45, 2.75) is 25.1 Å². The van der Waals surface area contributed by atoms with Crippen LogP contribution in [-0.2, 0) is 25.7 Å². The molecule has 2 aliphatic heterocycles. The molecular formula is C24H24F9N3O8. The molecule has 4 heterocycles. The summed E-state index contributed by atoms with van der Waals surface area (Å²) in [6.07, 6.45) is -9.87. The molecule has 20 heteroatoms. The Kier molecular flexibility index (Phi) is 13.8. The summed E-state index contributed by atoms with van der Waals surface area (Å²) in [5.41, 5.74) is 1.21. The van der Waals surface area contributed by atoms with Gasteiger partial charge in [-0.25, -0.2) is 14.4 Å². The Morgan fingerprint density at radius 1 is 0.886 bits per heavy atom. The zero-order valence-electron chi connectivity index (χ0n) is 22.1. The van der Waals surface area contributed by atoms with E-state index in [1.54, 1.807) is 12.4 Å². The Morgan fingerprint density at radius 3 is 1.86 bits per heavy atom. The number of carbonyl (C=O) groups is 3. The van der Waals surface area contributed by atoms with Crippen LogP contribution in [0.5, 0.6) is 5.75 Å². The molecule has 2 aliphatic rings. The van der Waals surface area contributed by atoms with Crippen LogP contribution in [0.1, 0.15) is 5.69 Å². The minimum absolute atomic E-state index is 0.0879. The Labute approximate surface area is 241 Å². The van der Waals surface area contributed by atoms with Crippen LogP contribution >= 0.6 is 0 Å². The molecule has 0 unspecified atom stereocenters. The van der Waals surface area contributed by atoms with Gasteiger partial charge in [0, 0.05) is 43.4 Å². The van der Waals surface area contributed by atoms with Crippen molar-refractivity contribution in [3.8, 4) is 5.75 Å². The normalized spacial score (nSPS) is 19.5. The fourth-order valence-electron chi connectivity index (χ4n) is 3.65. The molecule has 0 aliphatic carbocycles. The minimum Gasteiger partial charge on any atom is -0.491 e. The molecule has 2 fully saturated rings. The van der Waals surface area contributed by atoms with Crippen molar-refractivity contribution in [2.75, 3.05) is 32.9 Å². The number of nitrogens with zero attached hydrogens (tertiary/aromatic N) is 3. The Morgan fingerprint density at radius 2 is 1.43 bits per heavy atom. The number of aliphatic carboxylic acids is 3. The van der Waals surface area contributed by atoms with E-state index in [2.05, 4.69) is 20.9 Å². The van der Waals surface area contributed by atoms with Crippen LogP contribution < -0.4 is 4.74 Å². The predicted octanol–water partition coefficient (Wildman–Crippen LogP) is 3.90. The lowest BCUT2D eigenvalue weighted by Gasteiger charge is -2.27. The topological polar surface area (TPSA) is 159 Å². The quantitative estimate of drug-likeness (QED) is 0.402. The van der Waals surface area contributed by atoms with E-state index in [1.165, 1.54) is 0 Å². The summed E-state index contributed by atoms with van der Waals surface area (Å²) in [5, 5.41) is 21.4. The number of aromatic nitrogens is 2. The largest absolute Gasteiger partial charge is 0.491 e. The van der Waals surface area contributed by atoms with Crippen LogP contribution in [0.15, 0.2) is 48.9 Å². The average molecular weight is 653 g/mol. The van der Waals surface area contributed by atoms with Crippen LogP contribution in [-0.4, -0.2) is 99.5 Å². The molecule has 44 heavy (non-hydrogen) atoms. The van der Waals surface area contributed by atoms with E-state index in [0.29, 0.717) is 12.5 Å². The van der Waals surface area contributed by atoms with E-state index in [0.717, 1.165) is 44.3 Å². The fraction of sp³-hybridized carbons (Fsp3) is 0.458. The van der Waals surface area contributed by atoms with Gasteiger partial charge >= 0.3 is 36.4 Å². The standard InChI is InChI=1S/C18H21N3O2.3C2HF3O2/c1-2-7-20-16(4-1)10-21-9-15-11-22-13-18(15,12-21)14-23-17-5-3-6-19-8-17;3*3-2(4,5)1(6)7/h1-8,15H,9-14H2;3*(H,6,7)/t15-,18+;;;/m1.../s1. The highest BCUT2D eigenvalue weighted by Gasteiger charge is 2.51. The van der Waals surface area contributed by atoms with Gasteiger partial charge in [0.1, 0.15) is 5.75 Å². The number of alkyl halides is 9. The molecule has 4 rings (SSSR count). The maximum absolute atomic E-state index is 10.6. The molecule has 2 aromatic rings. The van der Waals surface area contributed by atoms with E-state index in [-0.39, 0.29) is 5.41 Å². The highest BCUT2D eigenvalue weighted by molar-refractivity contribution is 5.73. The zero-order chi connectivity index (χ0) is 33.8. The number of carboxylic acid groups (broad SMARTS) is 3. The second-order valence-electron chi connectivity index (χ2n) is 8.95. The predicted molar refractivity (Wildman–Crippen MR) is 127 cm³/mol. The van der Waals surface area contributed by atoms with Crippen molar-refractivity contribution in [2.24, 2.45) is 11.3 Å². The highest BCUT2D eigenvalue weighted by atomic mass is 19.4. The second kappa shape index (κ2) is 16.0. The van der Waals surface area contributed by atoms with Gasteiger partial charge in [-0.1, -0.05) is 6.07 Å². The summed E-state index contributed by atoms with van der Waals surface area (Å²) in [6, 6.07) is 9.94. The molecule has 246 valence electrons. The maximum Gasteiger partial charge on any atom is 0.490 e. The average Bonchev–Trinajstić information content (AvgIpc) is 3.45. The number of likely N-dealkylation sites (tertiary alicyclic amines) is 1. The van der Waals surface area contributed by atoms with Gasteiger partial charge in [0.15, 0.2) is 0 Å². The minimum atomic E-state index is -5.08. The third kappa shape index (κ3) is 13.4. The molecule has 0 saturated carbocycles. The number of fused-ring (bicyclic) bond motifs is 1. The Hall–Kier alpha value is -4.20. The Balaban J connectivity index is 0.000000379. The van der Waals surface area contributed by atoms with Crippen molar-refractivity contribution in [1.82, 2.24) is 14.9 Å². The van der Waals surface area contributed by atoms with Crippen molar-refractivity contribution in [1.29, 1.82) is 0 Å². The van der Waals surface area contributed by atoms with Crippen LogP contribution in [0.3, 0.4) is 0 Å². The molecule has 0 spiro atoms. The van der Waals surface area contributed by atoms with Gasteiger partial charge in [0.05, 0.1) is 31.7 Å². The maximum atomic E-state index is 10.6. The molecule has 0 bridgehead atoms. The number of ether oxygens (including phenoxy) is 2. The molecule has 3 N–H and O–H groups in total. The third-order valence-electron chi connectivity index (χ3n) is 5.59. The van der Waals surface area contributed by atoms with Gasteiger partial charge in [0.2, 0.25) is 0 Å². The first-order chi connectivity index (χ1) is 20.2. The summed E-state index contributed by atoms with van der Waals surface area (Å²) >= 11 is 0. The van der Waals surface area contributed by atoms with Crippen LogP contribution in [0.4, 0.5) is 39.5 Å². The number of halogens is 9. The lowest BCUT2D eigenvalue weighted by molar-refractivity contribution is -0.193. The summed E-state index contributed by atoms with van der Waals surface area (Å²) in [6.45, 7) is 5.22. The van der Waals surface area contributed by atoms with Crippen LogP contribution in [0.25, 0.3) is 0 Å². The number of rotatable bonds is 5. The van der Waals surface area contributed by atoms with Gasteiger partial charge in [-0.3, -0.25) is 14.9 Å². The molecule has 2 atom stereocenters. The molecule has 0 radical (unpaired) electrons. The monoisotopic (exact) mass is 653 g/mol. The first-order valence-electron chi connectivity index (χ1n) is 11.8. The summed E-state index contributed by atoms with van der Waals surface area (Å²) in [4.78, 5) is 37.7. The van der Waals surface area contributed by atoms with E-state index in [1.807, 2.05) is 30.5 Å². The van der Waals surface area contributed by atoms with Crippen molar-refractivity contribution >= 4 is 17.9 Å². The molecular weight excluding hydrogens is 629 g/mol. The molecule has 2 aromatic heterocycles. The lowest BCUT2D eigenvalue weighted by Crippen LogP contribution is -2.36. The summed E-state index contributed by atoms with van der Waals surface area (Å²) < 4.78 is 107. The van der Waals surface area contributed by atoms with E-state index >= 15 is 0 Å². The van der Waals surface area contributed by atoms with E-state index in [9.17, 15) is 39.5 Å². The summed E-state index contributed by atoms with van der Waals surface area (Å²) in [7, 11) is 0. The van der Waals surface area contributed by atoms with Gasteiger partial charge < -0.3 is 24.8 Å². The van der Waals surface area contributed by atoms with Crippen LogP contribution in [0.2, 0.25) is 0 Å². The van der Waals surface area contributed by atoms with Gasteiger partial charge in [-0.05, 0) is 24.3 Å². The molecule has 0 aromatic carbocycles. The molecule has 11 nitrogen and oxygen atoms in total. The highest BCUT2D eigenvalue weighted by Crippen LogP contribution is 2.42. The first-order valence-corrected chi connectivity index (χ1v) is 11.8. The fourth-order valence-corrected chi connectivity index (χ4v) is 3.65. The number of hydrogen-bond acceptors (Lipinski definition) is 8. The molecule has 0 amide bonds. The smallest absolute Gasteiger partial charge is 0.490 e. The third-order valence-corrected chi connectivity index (χ3v) is 5.59. The number of carboxylic acids is 3. The zero-order valence-corrected chi connectivity index (χ0v) is 22.1. The number of pyridine rings is 2. The lowest BCUT2D eigenvalue weighted by atomic mass is 9.82. The first kappa shape index (κ1) is 37.8. The Bertz CT molecular complexity index is 1140. The SMILES string of the molecule is O=C(O)C(F)(F)F.O=C(O)C(F)(F)F.O=C(O)C(F)(F)F.c1ccc(CN2C[C@@H]3COC[C@]3(COc3cccnc3)C2)nc1.